The summed E-state index contributed by atoms with van der Waals surface area (Å²) in [4.78, 5) is 24.7. The minimum absolute atomic E-state index is 0.176. The monoisotopic (exact) mass is 259 g/mol. The first-order valence-corrected chi connectivity index (χ1v) is 6.49. The van der Waals surface area contributed by atoms with Gasteiger partial charge in [-0.25, -0.2) is 4.79 Å². The minimum atomic E-state index is -0.227. The van der Waals surface area contributed by atoms with Crippen LogP contribution in [0.15, 0.2) is 27.8 Å². The molecular weight excluding hydrogens is 242 g/mol. The van der Waals surface area contributed by atoms with Gasteiger partial charge in [0.1, 0.15) is 0 Å². The third-order valence-electron chi connectivity index (χ3n) is 3.81. The van der Waals surface area contributed by atoms with Gasteiger partial charge < -0.3 is 5.32 Å². The zero-order chi connectivity index (χ0) is 13.6. The van der Waals surface area contributed by atoms with Gasteiger partial charge in [-0.2, -0.15) is 0 Å². The number of aryl methyl sites for hydroxylation is 2. The Kier molecular flexibility index (Phi) is 2.78. The maximum atomic E-state index is 12.4. The molecule has 1 aromatic heterocycles. The van der Waals surface area contributed by atoms with Crippen molar-refractivity contribution in [2.24, 2.45) is 13.0 Å². The average Bonchev–Trinajstić information content (AvgIpc) is 2.34. The van der Waals surface area contributed by atoms with Crippen LogP contribution in [0.4, 0.5) is 0 Å². The molecule has 0 saturated carbocycles. The van der Waals surface area contributed by atoms with E-state index in [2.05, 4.69) is 5.32 Å². The Bertz CT molecular complexity index is 754. The molecule has 2 heterocycles. The van der Waals surface area contributed by atoms with E-state index in [-0.39, 0.29) is 11.2 Å². The van der Waals surface area contributed by atoms with Gasteiger partial charge in [-0.1, -0.05) is 6.07 Å². The van der Waals surface area contributed by atoms with Gasteiger partial charge in [0.25, 0.3) is 5.56 Å². The van der Waals surface area contributed by atoms with E-state index in [0.717, 1.165) is 18.7 Å². The molecule has 2 aromatic rings. The number of aromatic nitrogens is 2. The molecule has 0 atom stereocenters. The maximum Gasteiger partial charge on any atom is 0.331 e. The predicted octanol–water partition coefficient (Wildman–Crippen LogP) is 0.228. The summed E-state index contributed by atoms with van der Waals surface area (Å²) < 4.78 is 2.93. The molecule has 0 unspecified atom stereocenters. The standard InChI is InChI=1S/C14H17N3O2/c1-9-3-4-11-12(5-9)16(2)14(19)17(13(11)18)8-10-6-15-7-10/h3-5,10,15H,6-8H2,1-2H3. The van der Waals surface area contributed by atoms with Crippen molar-refractivity contribution >= 4 is 10.9 Å². The van der Waals surface area contributed by atoms with E-state index in [4.69, 9.17) is 0 Å². The molecule has 1 fully saturated rings. The first-order chi connectivity index (χ1) is 9.08. The predicted molar refractivity (Wildman–Crippen MR) is 74.5 cm³/mol. The molecule has 5 heteroatoms. The molecule has 1 aliphatic rings. The van der Waals surface area contributed by atoms with Gasteiger partial charge in [0.15, 0.2) is 0 Å². The highest BCUT2D eigenvalue weighted by Crippen LogP contribution is 2.11. The van der Waals surface area contributed by atoms with Crippen LogP contribution in [0.3, 0.4) is 0 Å². The van der Waals surface area contributed by atoms with E-state index in [0.29, 0.717) is 23.4 Å². The van der Waals surface area contributed by atoms with Crippen molar-refractivity contribution in [2.45, 2.75) is 13.5 Å². The Balaban J connectivity index is 2.25. The minimum Gasteiger partial charge on any atom is -0.316 e. The van der Waals surface area contributed by atoms with Crippen LogP contribution in [0.1, 0.15) is 5.56 Å². The largest absolute Gasteiger partial charge is 0.331 e. The van der Waals surface area contributed by atoms with E-state index in [1.54, 1.807) is 11.6 Å². The number of benzene rings is 1. The third-order valence-corrected chi connectivity index (χ3v) is 3.81. The van der Waals surface area contributed by atoms with Gasteiger partial charge in [0.05, 0.1) is 10.9 Å². The fourth-order valence-corrected chi connectivity index (χ4v) is 2.51. The number of fused-ring (bicyclic) bond motifs is 1. The fraction of sp³-hybridized carbons (Fsp3) is 0.429. The topological polar surface area (TPSA) is 56.0 Å². The number of nitrogens with one attached hydrogen (secondary N) is 1. The highest BCUT2D eigenvalue weighted by molar-refractivity contribution is 5.78. The third kappa shape index (κ3) is 1.90. The van der Waals surface area contributed by atoms with E-state index >= 15 is 0 Å². The van der Waals surface area contributed by atoms with E-state index in [1.807, 2.05) is 25.1 Å². The molecule has 0 bridgehead atoms. The molecule has 1 aliphatic heterocycles. The van der Waals surface area contributed by atoms with Crippen LogP contribution in [0, 0.1) is 12.8 Å². The highest BCUT2D eigenvalue weighted by atomic mass is 16.2. The zero-order valence-electron chi connectivity index (χ0n) is 11.1. The molecule has 0 radical (unpaired) electrons. The molecule has 0 amide bonds. The van der Waals surface area contributed by atoms with Crippen molar-refractivity contribution in [1.82, 2.24) is 14.5 Å². The van der Waals surface area contributed by atoms with Crippen LogP contribution in [0.25, 0.3) is 10.9 Å². The van der Waals surface area contributed by atoms with Gasteiger partial charge in [-0.15, -0.1) is 0 Å². The van der Waals surface area contributed by atoms with Crippen molar-refractivity contribution < 1.29 is 0 Å². The lowest BCUT2D eigenvalue weighted by Crippen LogP contribution is -2.49. The lowest BCUT2D eigenvalue weighted by atomic mass is 10.0. The van der Waals surface area contributed by atoms with E-state index in [9.17, 15) is 9.59 Å². The molecule has 5 nitrogen and oxygen atoms in total. The summed E-state index contributed by atoms with van der Waals surface area (Å²) in [6.45, 7) is 4.21. The van der Waals surface area contributed by atoms with Crippen LogP contribution in [-0.2, 0) is 13.6 Å². The summed E-state index contributed by atoms with van der Waals surface area (Å²) in [5.74, 6) is 0.383. The SMILES string of the molecule is Cc1ccc2c(=O)n(CC3CNC3)c(=O)n(C)c2c1. The molecule has 3 rings (SSSR count). The average molecular weight is 259 g/mol. The first kappa shape index (κ1) is 12.2. The van der Waals surface area contributed by atoms with Crippen molar-refractivity contribution in [1.29, 1.82) is 0 Å². The summed E-state index contributed by atoms with van der Waals surface area (Å²) in [6, 6.07) is 5.60. The Labute approximate surface area is 110 Å². The van der Waals surface area contributed by atoms with E-state index < -0.39 is 0 Å². The second kappa shape index (κ2) is 4.35. The summed E-state index contributed by atoms with van der Waals surface area (Å²) in [5.41, 5.74) is 1.35. The van der Waals surface area contributed by atoms with Crippen molar-refractivity contribution in [3.05, 3.63) is 44.6 Å². The molecule has 19 heavy (non-hydrogen) atoms. The van der Waals surface area contributed by atoms with Gasteiger partial charge in [0.2, 0.25) is 0 Å². The number of rotatable bonds is 2. The summed E-state index contributed by atoms with van der Waals surface area (Å²) in [7, 11) is 1.72. The molecule has 1 aromatic carbocycles. The molecule has 0 aliphatic carbocycles. The Morgan fingerprint density at radius 2 is 2.05 bits per heavy atom. The highest BCUT2D eigenvalue weighted by Gasteiger charge is 2.20. The molecule has 1 N–H and O–H groups in total. The molecule has 1 saturated heterocycles. The van der Waals surface area contributed by atoms with Crippen LogP contribution in [0.5, 0.6) is 0 Å². The van der Waals surface area contributed by atoms with Gasteiger partial charge in [-0.3, -0.25) is 13.9 Å². The van der Waals surface area contributed by atoms with Crippen LogP contribution >= 0.6 is 0 Å². The van der Waals surface area contributed by atoms with Crippen molar-refractivity contribution in [3.8, 4) is 0 Å². The molecule has 0 spiro atoms. The smallest absolute Gasteiger partial charge is 0.316 e. The van der Waals surface area contributed by atoms with Crippen molar-refractivity contribution in [3.63, 3.8) is 0 Å². The number of hydrogen-bond acceptors (Lipinski definition) is 3. The van der Waals surface area contributed by atoms with Gasteiger partial charge in [0, 0.05) is 32.6 Å². The Morgan fingerprint density at radius 3 is 2.68 bits per heavy atom. The second-order valence-corrected chi connectivity index (χ2v) is 5.30. The normalized spacial score (nSPS) is 15.7. The number of nitrogens with zero attached hydrogens (tertiary/aromatic N) is 2. The van der Waals surface area contributed by atoms with Crippen LogP contribution in [-0.4, -0.2) is 22.2 Å². The van der Waals surface area contributed by atoms with E-state index in [1.165, 1.54) is 4.57 Å². The molecular formula is C14H17N3O2. The lowest BCUT2D eigenvalue weighted by Gasteiger charge is -2.27. The van der Waals surface area contributed by atoms with Gasteiger partial charge in [-0.05, 0) is 24.6 Å². The second-order valence-electron chi connectivity index (χ2n) is 5.30. The van der Waals surface area contributed by atoms with Gasteiger partial charge >= 0.3 is 5.69 Å². The maximum absolute atomic E-state index is 12.4. The quantitative estimate of drug-likeness (QED) is 0.840. The number of hydrogen-bond donors (Lipinski definition) is 1. The van der Waals surface area contributed by atoms with Crippen LogP contribution in [0.2, 0.25) is 0 Å². The zero-order valence-corrected chi connectivity index (χ0v) is 11.1. The first-order valence-electron chi connectivity index (χ1n) is 6.49. The summed E-state index contributed by atoms with van der Waals surface area (Å²) in [6.07, 6.45) is 0. The Hall–Kier alpha value is -1.88. The lowest BCUT2D eigenvalue weighted by molar-refractivity contribution is 0.298. The van der Waals surface area contributed by atoms with Crippen LogP contribution < -0.4 is 16.6 Å². The molecule has 100 valence electrons. The summed E-state index contributed by atoms with van der Waals surface area (Å²) in [5, 5.41) is 3.77. The summed E-state index contributed by atoms with van der Waals surface area (Å²) >= 11 is 0. The Morgan fingerprint density at radius 1 is 1.32 bits per heavy atom. The van der Waals surface area contributed by atoms with Crippen molar-refractivity contribution in [2.75, 3.05) is 13.1 Å². The fourth-order valence-electron chi connectivity index (χ4n) is 2.51.